The summed E-state index contributed by atoms with van der Waals surface area (Å²) in [7, 11) is 0. The van der Waals surface area contributed by atoms with Crippen LogP contribution in [0.25, 0.3) is 0 Å². The van der Waals surface area contributed by atoms with Crippen molar-refractivity contribution in [1.82, 2.24) is 0 Å². The third kappa shape index (κ3) is 3.11. The van der Waals surface area contributed by atoms with Crippen LogP contribution in [0.4, 0.5) is 10.1 Å². The number of nitrogens with zero attached hydrogens (tertiary/aromatic N) is 1. The maximum absolute atomic E-state index is 13.0. The summed E-state index contributed by atoms with van der Waals surface area (Å²) in [6.07, 6.45) is 0. The van der Waals surface area contributed by atoms with E-state index in [4.69, 9.17) is 5.26 Å². The van der Waals surface area contributed by atoms with Gasteiger partial charge in [0.15, 0.2) is 0 Å². The van der Waals surface area contributed by atoms with Crippen molar-refractivity contribution in [3.63, 3.8) is 0 Å². The molecule has 0 unspecified atom stereocenters. The first-order chi connectivity index (χ1) is 9.10. The van der Waals surface area contributed by atoms with E-state index in [1.807, 2.05) is 6.07 Å². The average Bonchev–Trinajstić information content (AvgIpc) is 2.39. The molecular formula is C16H15FN2. The van der Waals surface area contributed by atoms with E-state index >= 15 is 0 Å². The first-order valence-corrected chi connectivity index (χ1v) is 6.10. The van der Waals surface area contributed by atoms with Crippen LogP contribution in [0.2, 0.25) is 0 Å². The number of aryl methyl sites for hydroxylation is 2. The predicted octanol–water partition coefficient (Wildman–Crippen LogP) is 3.93. The van der Waals surface area contributed by atoms with Gasteiger partial charge in [0, 0.05) is 6.54 Å². The fourth-order valence-corrected chi connectivity index (χ4v) is 2.00. The molecule has 2 rings (SSSR count). The molecule has 2 aromatic rings. The second kappa shape index (κ2) is 5.53. The van der Waals surface area contributed by atoms with E-state index in [0.29, 0.717) is 17.8 Å². The molecule has 0 heterocycles. The van der Waals surface area contributed by atoms with Crippen molar-refractivity contribution < 1.29 is 4.39 Å². The van der Waals surface area contributed by atoms with Gasteiger partial charge in [0.2, 0.25) is 0 Å². The van der Waals surface area contributed by atoms with E-state index in [2.05, 4.69) is 37.4 Å². The van der Waals surface area contributed by atoms with Crippen LogP contribution in [0, 0.1) is 31.0 Å². The monoisotopic (exact) mass is 254 g/mol. The Bertz CT molecular complexity index is 642. The molecule has 0 aromatic heterocycles. The van der Waals surface area contributed by atoms with Gasteiger partial charge in [-0.3, -0.25) is 0 Å². The zero-order valence-electron chi connectivity index (χ0n) is 11.0. The summed E-state index contributed by atoms with van der Waals surface area (Å²) in [5.74, 6) is -0.395. The molecule has 0 radical (unpaired) electrons. The SMILES string of the molecule is Cc1ccc(CNc2ccc(F)cc2C#N)c(C)c1. The molecule has 3 heteroatoms. The maximum atomic E-state index is 13.0. The second-order valence-corrected chi connectivity index (χ2v) is 4.59. The van der Waals surface area contributed by atoms with Gasteiger partial charge in [-0.1, -0.05) is 23.8 Å². The molecule has 2 nitrogen and oxygen atoms in total. The largest absolute Gasteiger partial charge is 0.380 e. The normalized spacial score (nSPS) is 10.0. The Morgan fingerprint density at radius 3 is 2.63 bits per heavy atom. The third-order valence-electron chi connectivity index (χ3n) is 3.07. The average molecular weight is 254 g/mol. The van der Waals surface area contributed by atoms with Crippen LogP contribution >= 0.6 is 0 Å². The molecule has 0 aliphatic carbocycles. The number of nitriles is 1. The molecule has 0 bridgehead atoms. The molecule has 0 saturated carbocycles. The lowest BCUT2D eigenvalue weighted by Crippen LogP contribution is -2.03. The van der Waals surface area contributed by atoms with E-state index in [0.717, 1.165) is 0 Å². The lowest BCUT2D eigenvalue weighted by atomic mass is 10.1. The number of benzene rings is 2. The summed E-state index contributed by atoms with van der Waals surface area (Å²) in [6, 6.07) is 12.4. The third-order valence-corrected chi connectivity index (χ3v) is 3.07. The Morgan fingerprint density at radius 2 is 1.95 bits per heavy atom. The number of anilines is 1. The molecule has 19 heavy (non-hydrogen) atoms. The maximum Gasteiger partial charge on any atom is 0.124 e. The lowest BCUT2D eigenvalue weighted by Gasteiger charge is -2.11. The van der Waals surface area contributed by atoms with Crippen molar-refractivity contribution in [3.05, 3.63) is 64.5 Å². The van der Waals surface area contributed by atoms with Gasteiger partial charge in [-0.2, -0.15) is 5.26 Å². The van der Waals surface area contributed by atoms with Gasteiger partial charge in [-0.05, 0) is 43.2 Å². The number of halogens is 1. The van der Waals surface area contributed by atoms with Gasteiger partial charge in [0.1, 0.15) is 11.9 Å². The number of hydrogen-bond donors (Lipinski definition) is 1. The van der Waals surface area contributed by atoms with Crippen LogP contribution in [0.15, 0.2) is 36.4 Å². The Labute approximate surface area is 112 Å². The van der Waals surface area contributed by atoms with Crippen molar-refractivity contribution in [2.75, 3.05) is 5.32 Å². The number of hydrogen-bond acceptors (Lipinski definition) is 2. The molecule has 0 saturated heterocycles. The Balaban J connectivity index is 2.17. The van der Waals surface area contributed by atoms with Crippen molar-refractivity contribution in [2.24, 2.45) is 0 Å². The highest BCUT2D eigenvalue weighted by Gasteiger charge is 2.04. The van der Waals surface area contributed by atoms with Gasteiger partial charge >= 0.3 is 0 Å². The molecule has 0 fully saturated rings. The Morgan fingerprint density at radius 1 is 1.16 bits per heavy atom. The zero-order chi connectivity index (χ0) is 13.8. The van der Waals surface area contributed by atoms with Crippen molar-refractivity contribution in [1.29, 1.82) is 5.26 Å². The fourth-order valence-electron chi connectivity index (χ4n) is 2.00. The molecule has 0 amide bonds. The molecule has 0 atom stereocenters. The number of nitrogens with one attached hydrogen (secondary N) is 1. The van der Waals surface area contributed by atoms with E-state index in [-0.39, 0.29) is 0 Å². The first-order valence-electron chi connectivity index (χ1n) is 6.10. The second-order valence-electron chi connectivity index (χ2n) is 4.59. The molecule has 96 valence electrons. The van der Waals surface area contributed by atoms with Crippen LogP contribution in [-0.2, 0) is 6.54 Å². The van der Waals surface area contributed by atoms with Gasteiger partial charge < -0.3 is 5.32 Å². The van der Waals surface area contributed by atoms with Crippen molar-refractivity contribution >= 4 is 5.69 Å². The van der Waals surface area contributed by atoms with E-state index in [1.165, 1.54) is 28.8 Å². The van der Waals surface area contributed by atoms with Crippen molar-refractivity contribution in [2.45, 2.75) is 20.4 Å². The molecule has 0 aliphatic heterocycles. The highest BCUT2D eigenvalue weighted by Crippen LogP contribution is 2.18. The van der Waals surface area contributed by atoms with Crippen LogP contribution in [-0.4, -0.2) is 0 Å². The van der Waals surface area contributed by atoms with Gasteiger partial charge in [0.25, 0.3) is 0 Å². The Hall–Kier alpha value is -2.34. The van der Waals surface area contributed by atoms with E-state index < -0.39 is 5.82 Å². The summed E-state index contributed by atoms with van der Waals surface area (Å²) < 4.78 is 13.0. The minimum atomic E-state index is -0.395. The minimum absolute atomic E-state index is 0.324. The molecule has 2 aromatic carbocycles. The Kier molecular flexibility index (Phi) is 3.82. The van der Waals surface area contributed by atoms with Crippen molar-refractivity contribution in [3.8, 4) is 6.07 Å². The fraction of sp³-hybridized carbons (Fsp3) is 0.188. The van der Waals surface area contributed by atoms with Gasteiger partial charge in [-0.15, -0.1) is 0 Å². The van der Waals surface area contributed by atoms with Gasteiger partial charge in [0.05, 0.1) is 11.3 Å². The van der Waals surface area contributed by atoms with Crippen LogP contribution in [0.3, 0.4) is 0 Å². The molecular weight excluding hydrogens is 239 g/mol. The molecule has 0 spiro atoms. The summed E-state index contributed by atoms with van der Waals surface area (Å²) in [5.41, 5.74) is 4.57. The van der Waals surface area contributed by atoms with E-state index in [9.17, 15) is 4.39 Å². The predicted molar refractivity (Wildman–Crippen MR) is 74.4 cm³/mol. The quantitative estimate of drug-likeness (QED) is 0.900. The highest BCUT2D eigenvalue weighted by molar-refractivity contribution is 5.57. The summed E-state index contributed by atoms with van der Waals surface area (Å²) >= 11 is 0. The lowest BCUT2D eigenvalue weighted by molar-refractivity contribution is 0.627. The molecule has 0 aliphatic rings. The van der Waals surface area contributed by atoms with Crippen LogP contribution in [0.5, 0.6) is 0 Å². The summed E-state index contributed by atoms with van der Waals surface area (Å²) in [6.45, 7) is 4.73. The smallest absolute Gasteiger partial charge is 0.124 e. The number of rotatable bonds is 3. The summed E-state index contributed by atoms with van der Waals surface area (Å²) in [5, 5.41) is 12.2. The highest BCUT2D eigenvalue weighted by atomic mass is 19.1. The first kappa shape index (κ1) is 13.1. The zero-order valence-corrected chi connectivity index (χ0v) is 11.0. The summed E-state index contributed by atoms with van der Waals surface area (Å²) in [4.78, 5) is 0. The molecule has 1 N–H and O–H groups in total. The van der Waals surface area contributed by atoms with Gasteiger partial charge in [-0.25, -0.2) is 4.39 Å². The van der Waals surface area contributed by atoms with E-state index in [1.54, 1.807) is 6.07 Å². The van der Waals surface area contributed by atoms with Crippen LogP contribution in [0.1, 0.15) is 22.3 Å². The van der Waals surface area contributed by atoms with Crippen LogP contribution < -0.4 is 5.32 Å². The topological polar surface area (TPSA) is 35.8 Å². The standard InChI is InChI=1S/C16H15FN2/c1-11-3-4-13(12(2)7-11)10-19-16-6-5-15(17)8-14(16)9-18/h3-8,19H,10H2,1-2H3. The minimum Gasteiger partial charge on any atom is -0.380 e.